The number of hydrogen-bond acceptors (Lipinski definition) is 3. The van der Waals surface area contributed by atoms with Crippen molar-refractivity contribution in [1.82, 2.24) is 20.2 Å². The average Bonchev–Trinajstić information content (AvgIpc) is 3.45. The molecule has 1 atom stereocenters. The SMILES string of the molecule is COc1cccc(C(NC(=O)NCC2(c3ccccc3)CC2)c2nccn2C)c1. The van der Waals surface area contributed by atoms with E-state index in [1.165, 1.54) is 5.56 Å². The first-order valence-electron chi connectivity index (χ1n) is 9.82. The molecule has 150 valence electrons. The summed E-state index contributed by atoms with van der Waals surface area (Å²) in [4.78, 5) is 17.3. The molecule has 6 heteroatoms. The standard InChI is InChI=1S/C23H26N4O2/c1-27-14-13-24-21(27)20(17-7-6-10-19(15-17)29-2)26-22(28)25-16-23(11-12-23)18-8-4-3-5-9-18/h3-10,13-15,20H,11-12,16H2,1-2H3,(H2,25,26,28). The van der Waals surface area contributed by atoms with Gasteiger partial charge in [0.25, 0.3) is 0 Å². The molecule has 2 N–H and O–H groups in total. The zero-order chi connectivity index (χ0) is 20.3. The number of methoxy groups -OCH3 is 1. The minimum Gasteiger partial charge on any atom is -0.497 e. The Morgan fingerprint density at radius 1 is 1.21 bits per heavy atom. The van der Waals surface area contributed by atoms with Crippen molar-refractivity contribution in [3.05, 3.63) is 83.9 Å². The molecule has 1 fully saturated rings. The highest BCUT2D eigenvalue weighted by molar-refractivity contribution is 5.75. The van der Waals surface area contributed by atoms with Crippen LogP contribution in [0.4, 0.5) is 4.79 Å². The number of rotatable bonds is 7. The largest absolute Gasteiger partial charge is 0.497 e. The minimum atomic E-state index is -0.378. The summed E-state index contributed by atoms with van der Waals surface area (Å²) in [7, 11) is 3.55. The summed E-state index contributed by atoms with van der Waals surface area (Å²) in [6.45, 7) is 0.619. The molecule has 0 spiro atoms. The first kappa shape index (κ1) is 19.1. The Balaban J connectivity index is 1.49. The third-order valence-electron chi connectivity index (χ3n) is 5.65. The summed E-state index contributed by atoms with van der Waals surface area (Å²) >= 11 is 0. The molecule has 1 aromatic heterocycles. The molecule has 1 aliphatic rings. The van der Waals surface area contributed by atoms with Crippen LogP contribution in [0, 0.1) is 0 Å². The number of carbonyl (C=O) groups is 1. The number of amides is 2. The van der Waals surface area contributed by atoms with Gasteiger partial charge in [-0.05, 0) is 36.1 Å². The topological polar surface area (TPSA) is 68.2 Å². The lowest BCUT2D eigenvalue weighted by Gasteiger charge is -2.22. The van der Waals surface area contributed by atoms with Crippen LogP contribution in [0.5, 0.6) is 5.75 Å². The lowest BCUT2D eigenvalue weighted by Crippen LogP contribution is -2.42. The Labute approximate surface area is 170 Å². The van der Waals surface area contributed by atoms with Crippen LogP contribution in [0.2, 0.25) is 0 Å². The van der Waals surface area contributed by atoms with Crippen LogP contribution in [-0.2, 0) is 12.5 Å². The van der Waals surface area contributed by atoms with Crippen molar-refractivity contribution in [3.63, 3.8) is 0 Å². The molecule has 1 aliphatic carbocycles. The fourth-order valence-electron chi connectivity index (χ4n) is 3.72. The molecule has 1 unspecified atom stereocenters. The second kappa shape index (κ2) is 7.99. The quantitative estimate of drug-likeness (QED) is 0.648. The predicted molar refractivity (Wildman–Crippen MR) is 112 cm³/mol. The Hall–Kier alpha value is -3.28. The summed E-state index contributed by atoms with van der Waals surface area (Å²) in [6, 6.07) is 17.5. The van der Waals surface area contributed by atoms with Gasteiger partial charge in [0.05, 0.1) is 7.11 Å². The molecular formula is C23H26N4O2. The number of nitrogens with zero attached hydrogens (tertiary/aromatic N) is 2. The van der Waals surface area contributed by atoms with E-state index in [4.69, 9.17) is 4.74 Å². The fraction of sp³-hybridized carbons (Fsp3) is 0.304. The zero-order valence-corrected chi connectivity index (χ0v) is 16.8. The molecule has 29 heavy (non-hydrogen) atoms. The van der Waals surface area contributed by atoms with Gasteiger partial charge in [-0.3, -0.25) is 0 Å². The second-order valence-corrected chi connectivity index (χ2v) is 7.58. The molecule has 0 aliphatic heterocycles. The summed E-state index contributed by atoms with van der Waals surface area (Å²) in [5.41, 5.74) is 2.26. The highest BCUT2D eigenvalue weighted by Gasteiger charge is 2.44. The Morgan fingerprint density at radius 3 is 2.66 bits per heavy atom. The monoisotopic (exact) mass is 390 g/mol. The molecule has 4 rings (SSSR count). The van der Waals surface area contributed by atoms with Gasteiger partial charge >= 0.3 is 6.03 Å². The molecule has 0 bridgehead atoms. The number of nitrogens with one attached hydrogen (secondary N) is 2. The number of aromatic nitrogens is 2. The van der Waals surface area contributed by atoms with Crippen molar-refractivity contribution in [2.24, 2.45) is 7.05 Å². The summed E-state index contributed by atoms with van der Waals surface area (Å²) < 4.78 is 7.26. The number of aryl methyl sites for hydroxylation is 1. The maximum Gasteiger partial charge on any atom is 0.315 e. The third-order valence-corrected chi connectivity index (χ3v) is 5.65. The molecule has 2 aromatic carbocycles. The third kappa shape index (κ3) is 4.11. The molecule has 0 radical (unpaired) electrons. The maximum absolute atomic E-state index is 12.8. The van der Waals surface area contributed by atoms with Gasteiger partial charge in [-0.1, -0.05) is 42.5 Å². The molecule has 3 aromatic rings. The van der Waals surface area contributed by atoms with E-state index < -0.39 is 0 Å². The van der Waals surface area contributed by atoms with Crippen LogP contribution in [0.3, 0.4) is 0 Å². The normalized spacial score (nSPS) is 15.4. The van der Waals surface area contributed by atoms with E-state index in [1.807, 2.05) is 48.1 Å². The number of hydrogen-bond donors (Lipinski definition) is 2. The van der Waals surface area contributed by atoms with Crippen molar-refractivity contribution >= 4 is 6.03 Å². The summed E-state index contributed by atoms with van der Waals surface area (Å²) in [5, 5.41) is 6.17. The second-order valence-electron chi connectivity index (χ2n) is 7.58. The van der Waals surface area contributed by atoms with Gasteiger partial charge in [-0.2, -0.15) is 0 Å². The molecular weight excluding hydrogens is 364 g/mol. The average molecular weight is 390 g/mol. The van der Waals surface area contributed by atoms with Gasteiger partial charge in [0.15, 0.2) is 0 Å². The van der Waals surface area contributed by atoms with Gasteiger partial charge < -0.3 is 19.9 Å². The van der Waals surface area contributed by atoms with E-state index in [2.05, 4.69) is 39.9 Å². The van der Waals surface area contributed by atoms with Crippen molar-refractivity contribution in [2.45, 2.75) is 24.3 Å². The first-order valence-corrected chi connectivity index (χ1v) is 9.82. The Bertz CT molecular complexity index is 979. The van der Waals surface area contributed by atoms with Crippen LogP contribution in [0.25, 0.3) is 0 Å². The lowest BCUT2D eigenvalue weighted by atomic mass is 9.96. The predicted octanol–water partition coefficient (Wildman–Crippen LogP) is 3.55. The highest BCUT2D eigenvalue weighted by Crippen LogP contribution is 2.47. The first-order chi connectivity index (χ1) is 14.1. The van der Waals surface area contributed by atoms with E-state index in [9.17, 15) is 4.79 Å². The van der Waals surface area contributed by atoms with Crippen LogP contribution in [0.1, 0.15) is 35.8 Å². The summed E-state index contributed by atoms with van der Waals surface area (Å²) in [5.74, 6) is 1.50. The van der Waals surface area contributed by atoms with Crippen molar-refractivity contribution < 1.29 is 9.53 Å². The molecule has 1 saturated carbocycles. The van der Waals surface area contributed by atoms with Crippen LogP contribution in [-0.4, -0.2) is 29.2 Å². The minimum absolute atomic E-state index is 0.0628. The van der Waals surface area contributed by atoms with Crippen LogP contribution >= 0.6 is 0 Å². The fourth-order valence-corrected chi connectivity index (χ4v) is 3.72. The zero-order valence-electron chi connectivity index (χ0n) is 16.8. The summed E-state index contributed by atoms with van der Waals surface area (Å²) in [6.07, 6.45) is 5.79. The van der Waals surface area contributed by atoms with Gasteiger partial charge in [0, 0.05) is 31.4 Å². The maximum atomic E-state index is 12.8. The number of imidazole rings is 1. The Kier molecular flexibility index (Phi) is 5.25. The smallest absolute Gasteiger partial charge is 0.315 e. The van der Waals surface area contributed by atoms with Gasteiger partial charge in [-0.25, -0.2) is 9.78 Å². The van der Waals surface area contributed by atoms with Gasteiger partial charge in [0.1, 0.15) is 17.6 Å². The molecule has 1 heterocycles. The van der Waals surface area contributed by atoms with Crippen molar-refractivity contribution in [3.8, 4) is 5.75 Å². The number of ether oxygens (including phenoxy) is 1. The van der Waals surface area contributed by atoms with E-state index in [-0.39, 0.29) is 17.5 Å². The van der Waals surface area contributed by atoms with Crippen molar-refractivity contribution in [2.75, 3.05) is 13.7 Å². The molecule has 0 saturated heterocycles. The Morgan fingerprint density at radius 2 is 2.00 bits per heavy atom. The van der Waals surface area contributed by atoms with E-state index in [0.717, 1.165) is 30.0 Å². The van der Waals surface area contributed by atoms with Crippen molar-refractivity contribution in [1.29, 1.82) is 0 Å². The van der Waals surface area contributed by atoms with E-state index in [1.54, 1.807) is 13.3 Å². The van der Waals surface area contributed by atoms with Gasteiger partial charge in [0.2, 0.25) is 0 Å². The van der Waals surface area contributed by atoms with Gasteiger partial charge in [-0.15, -0.1) is 0 Å². The number of carbonyl (C=O) groups excluding carboxylic acids is 1. The highest BCUT2D eigenvalue weighted by atomic mass is 16.5. The number of urea groups is 1. The van der Waals surface area contributed by atoms with E-state index >= 15 is 0 Å². The molecule has 2 amide bonds. The van der Waals surface area contributed by atoms with Crippen LogP contribution in [0.15, 0.2) is 67.0 Å². The van der Waals surface area contributed by atoms with E-state index in [0.29, 0.717) is 6.54 Å². The van der Waals surface area contributed by atoms with Crippen LogP contribution < -0.4 is 15.4 Å². The molecule has 6 nitrogen and oxygen atoms in total. The lowest BCUT2D eigenvalue weighted by molar-refractivity contribution is 0.237. The number of benzene rings is 2.